The van der Waals surface area contributed by atoms with Crippen molar-refractivity contribution in [1.29, 1.82) is 0 Å². The van der Waals surface area contributed by atoms with Gasteiger partial charge in [0.1, 0.15) is 5.82 Å². The summed E-state index contributed by atoms with van der Waals surface area (Å²) in [5.74, 6) is -0.333. The van der Waals surface area contributed by atoms with E-state index in [0.29, 0.717) is 11.4 Å². The molecule has 1 heterocycles. The van der Waals surface area contributed by atoms with Crippen molar-refractivity contribution in [2.24, 2.45) is 0 Å². The van der Waals surface area contributed by atoms with Crippen LogP contribution in [0.1, 0.15) is 0 Å². The number of hydrogen-bond acceptors (Lipinski definition) is 4. The van der Waals surface area contributed by atoms with E-state index in [1.54, 1.807) is 6.07 Å². The molecule has 0 atom stereocenters. The summed E-state index contributed by atoms with van der Waals surface area (Å²) in [5.41, 5.74) is 8.99. The van der Waals surface area contributed by atoms with Gasteiger partial charge in [-0.25, -0.2) is 4.39 Å². The van der Waals surface area contributed by atoms with Gasteiger partial charge in [-0.15, -0.1) is 0 Å². The molecule has 3 rings (SSSR count). The maximum atomic E-state index is 13.0. The molecule has 110 valence electrons. The summed E-state index contributed by atoms with van der Waals surface area (Å²) in [5, 5.41) is 3.19. The molecule has 21 heavy (non-hydrogen) atoms. The summed E-state index contributed by atoms with van der Waals surface area (Å²) in [7, 11) is 0. The Morgan fingerprint density at radius 1 is 1.05 bits per heavy atom. The molecular weight excluding hydrogens is 269 g/mol. The Kier molecular flexibility index (Phi) is 3.92. The van der Waals surface area contributed by atoms with Crippen LogP contribution in [0.4, 0.5) is 27.1 Å². The van der Waals surface area contributed by atoms with E-state index in [4.69, 9.17) is 10.5 Å². The van der Waals surface area contributed by atoms with Gasteiger partial charge in [-0.1, -0.05) is 0 Å². The van der Waals surface area contributed by atoms with Crippen molar-refractivity contribution in [1.82, 2.24) is 0 Å². The highest BCUT2D eigenvalue weighted by Gasteiger charge is 2.10. The molecule has 0 bridgehead atoms. The number of morpholine rings is 1. The molecule has 0 spiro atoms. The second-order valence-electron chi connectivity index (χ2n) is 5.00. The first-order valence-electron chi connectivity index (χ1n) is 6.97. The third kappa shape index (κ3) is 3.25. The smallest absolute Gasteiger partial charge is 0.125 e. The zero-order valence-electron chi connectivity index (χ0n) is 11.7. The van der Waals surface area contributed by atoms with Gasteiger partial charge in [0, 0.05) is 24.5 Å². The fourth-order valence-corrected chi connectivity index (χ4v) is 2.38. The Morgan fingerprint density at radius 2 is 1.76 bits per heavy atom. The molecule has 0 amide bonds. The average molecular weight is 287 g/mol. The third-order valence-corrected chi connectivity index (χ3v) is 3.54. The second kappa shape index (κ2) is 6.01. The Labute approximate surface area is 123 Å². The van der Waals surface area contributed by atoms with Crippen molar-refractivity contribution in [3.63, 3.8) is 0 Å². The highest BCUT2D eigenvalue weighted by molar-refractivity contribution is 5.73. The summed E-state index contributed by atoms with van der Waals surface area (Å²) < 4.78 is 18.4. The van der Waals surface area contributed by atoms with Gasteiger partial charge in [-0.2, -0.15) is 0 Å². The molecule has 1 aliphatic rings. The quantitative estimate of drug-likeness (QED) is 0.852. The van der Waals surface area contributed by atoms with Crippen molar-refractivity contribution in [2.45, 2.75) is 0 Å². The van der Waals surface area contributed by atoms with Gasteiger partial charge < -0.3 is 20.7 Å². The molecule has 5 heteroatoms. The van der Waals surface area contributed by atoms with E-state index in [1.165, 1.54) is 17.8 Å². The van der Waals surface area contributed by atoms with Gasteiger partial charge in [0.25, 0.3) is 0 Å². The molecule has 0 aromatic heterocycles. The molecule has 1 aliphatic heterocycles. The maximum Gasteiger partial charge on any atom is 0.125 e. The summed E-state index contributed by atoms with van der Waals surface area (Å²) in [4.78, 5) is 2.29. The number of nitrogen functional groups attached to an aromatic ring is 1. The highest BCUT2D eigenvalue weighted by Crippen LogP contribution is 2.25. The van der Waals surface area contributed by atoms with Crippen LogP contribution in [0.2, 0.25) is 0 Å². The van der Waals surface area contributed by atoms with Gasteiger partial charge in [0.15, 0.2) is 0 Å². The number of ether oxygens (including phenoxy) is 1. The average Bonchev–Trinajstić information content (AvgIpc) is 2.52. The van der Waals surface area contributed by atoms with E-state index in [0.717, 1.165) is 32.0 Å². The maximum absolute atomic E-state index is 13.0. The molecule has 2 aromatic rings. The molecule has 2 aromatic carbocycles. The van der Waals surface area contributed by atoms with Crippen LogP contribution in [0, 0.1) is 5.82 Å². The lowest BCUT2D eigenvalue weighted by molar-refractivity contribution is 0.122. The summed E-state index contributed by atoms with van der Waals surface area (Å²) in [6, 6.07) is 12.5. The van der Waals surface area contributed by atoms with Crippen molar-refractivity contribution >= 4 is 22.7 Å². The lowest BCUT2D eigenvalue weighted by Crippen LogP contribution is -2.36. The number of hydrogen-bond donors (Lipinski definition) is 2. The number of nitrogens with one attached hydrogen (secondary N) is 1. The number of anilines is 4. The highest BCUT2D eigenvalue weighted by atomic mass is 19.1. The minimum absolute atomic E-state index is 0.333. The molecule has 1 fully saturated rings. The molecule has 0 unspecified atom stereocenters. The van der Waals surface area contributed by atoms with E-state index >= 15 is 0 Å². The van der Waals surface area contributed by atoms with E-state index in [2.05, 4.69) is 22.3 Å². The van der Waals surface area contributed by atoms with E-state index < -0.39 is 0 Å². The fraction of sp³-hybridized carbons (Fsp3) is 0.250. The zero-order valence-corrected chi connectivity index (χ0v) is 11.7. The second-order valence-corrected chi connectivity index (χ2v) is 5.00. The van der Waals surface area contributed by atoms with Gasteiger partial charge in [0.2, 0.25) is 0 Å². The van der Waals surface area contributed by atoms with Crippen LogP contribution in [0.15, 0.2) is 42.5 Å². The van der Waals surface area contributed by atoms with E-state index in [9.17, 15) is 4.39 Å². The fourth-order valence-electron chi connectivity index (χ4n) is 2.38. The molecule has 3 N–H and O–H groups in total. The first kappa shape index (κ1) is 13.7. The zero-order chi connectivity index (χ0) is 14.7. The summed E-state index contributed by atoms with van der Waals surface area (Å²) >= 11 is 0. The topological polar surface area (TPSA) is 50.5 Å². The van der Waals surface area contributed by atoms with Gasteiger partial charge in [0.05, 0.1) is 24.6 Å². The minimum Gasteiger partial charge on any atom is -0.397 e. The first-order chi connectivity index (χ1) is 10.2. The van der Waals surface area contributed by atoms with Crippen molar-refractivity contribution in [3.05, 3.63) is 48.3 Å². The molecule has 0 saturated carbocycles. The Balaban J connectivity index is 1.71. The number of benzene rings is 2. The molecule has 0 aliphatic carbocycles. The number of halogens is 1. The number of nitrogens with zero attached hydrogens (tertiary/aromatic N) is 1. The lowest BCUT2D eigenvalue weighted by atomic mass is 10.2. The molecule has 1 saturated heterocycles. The number of rotatable bonds is 3. The summed E-state index contributed by atoms with van der Waals surface area (Å²) in [6.07, 6.45) is 0. The minimum atomic E-state index is -0.333. The molecular formula is C16H18FN3O. The van der Waals surface area contributed by atoms with Crippen molar-refractivity contribution in [3.8, 4) is 0 Å². The van der Waals surface area contributed by atoms with Gasteiger partial charge >= 0.3 is 0 Å². The van der Waals surface area contributed by atoms with Gasteiger partial charge in [-0.3, -0.25) is 0 Å². The predicted octanol–water partition coefficient (Wildman–Crippen LogP) is 2.99. The van der Waals surface area contributed by atoms with Crippen LogP contribution in [0.5, 0.6) is 0 Å². The lowest BCUT2D eigenvalue weighted by Gasteiger charge is -2.29. The summed E-state index contributed by atoms with van der Waals surface area (Å²) in [6.45, 7) is 3.37. The van der Waals surface area contributed by atoms with Crippen LogP contribution in [-0.4, -0.2) is 26.3 Å². The van der Waals surface area contributed by atoms with Crippen molar-refractivity contribution in [2.75, 3.05) is 42.3 Å². The Hall–Kier alpha value is -2.27. The van der Waals surface area contributed by atoms with E-state index in [-0.39, 0.29) is 5.82 Å². The third-order valence-electron chi connectivity index (χ3n) is 3.54. The standard InChI is InChI=1S/C16H18FN3O/c17-12-1-6-16(15(18)11-12)19-13-2-4-14(5-3-13)20-7-9-21-10-8-20/h1-6,11,19H,7-10,18H2. The van der Waals surface area contributed by atoms with Crippen LogP contribution in [0.25, 0.3) is 0 Å². The Morgan fingerprint density at radius 3 is 2.43 bits per heavy atom. The van der Waals surface area contributed by atoms with E-state index in [1.807, 2.05) is 12.1 Å². The molecule has 0 radical (unpaired) electrons. The first-order valence-corrected chi connectivity index (χ1v) is 6.97. The SMILES string of the molecule is Nc1cc(F)ccc1Nc1ccc(N2CCOCC2)cc1. The van der Waals surface area contributed by atoms with Gasteiger partial charge in [-0.05, 0) is 42.5 Å². The van der Waals surface area contributed by atoms with Crippen molar-refractivity contribution < 1.29 is 9.13 Å². The Bertz CT molecular complexity index is 609. The monoisotopic (exact) mass is 287 g/mol. The normalized spacial score (nSPS) is 15.0. The van der Waals surface area contributed by atoms with Crippen LogP contribution in [-0.2, 0) is 4.74 Å². The number of nitrogens with two attached hydrogens (primary N) is 1. The predicted molar refractivity (Wildman–Crippen MR) is 83.6 cm³/mol. The van der Waals surface area contributed by atoms with Crippen LogP contribution in [0.3, 0.4) is 0 Å². The van der Waals surface area contributed by atoms with Crippen LogP contribution < -0.4 is 16.0 Å². The van der Waals surface area contributed by atoms with Crippen LogP contribution >= 0.6 is 0 Å². The largest absolute Gasteiger partial charge is 0.397 e. The molecule has 4 nitrogen and oxygen atoms in total.